The van der Waals surface area contributed by atoms with Gasteiger partial charge in [-0.1, -0.05) is 42.8 Å². The average molecular weight is 466 g/mol. The predicted molar refractivity (Wildman–Crippen MR) is 113 cm³/mol. The van der Waals surface area contributed by atoms with E-state index in [9.17, 15) is 31.9 Å². The summed E-state index contributed by atoms with van der Waals surface area (Å²) in [5, 5.41) is 11.2. The van der Waals surface area contributed by atoms with Crippen molar-refractivity contribution in [1.29, 1.82) is 0 Å². The molecule has 0 spiro atoms. The fourth-order valence-electron chi connectivity index (χ4n) is 7.40. The third kappa shape index (κ3) is 3.03. The van der Waals surface area contributed by atoms with Crippen molar-refractivity contribution < 1.29 is 31.9 Å². The van der Waals surface area contributed by atoms with E-state index in [2.05, 4.69) is 0 Å². The van der Waals surface area contributed by atoms with Crippen LogP contribution in [-0.4, -0.2) is 28.6 Å². The summed E-state index contributed by atoms with van der Waals surface area (Å²) in [6.07, 6.45) is -2.43. The minimum absolute atomic E-state index is 0.0143. The fraction of sp³-hybridized carbons (Fsp3) is 0.577. The summed E-state index contributed by atoms with van der Waals surface area (Å²) < 4.78 is 70.3. The van der Waals surface area contributed by atoms with Crippen molar-refractivity contribution in [3.05, 3.63) is 58.7 Å². The molecular weight excluding hydrogens is 439 g/mol. The van der Waals surface area contributed by atoms with Crippen LogP contribution in [0.2, 0.25) is 0 Å². The Kier molecular flexibility index (Phi) is 4.99. The Morgan fingerprint density at radius 2 is 1.70 bits per heavy atom. The van der Waals surface area contributed by atoms with Crippen molar-refractivity contribution in [3.63, 3.8) is 0 Å². The average Bonchev–Trinajstić information content (AvgIpc) is 3.04. The van der Waals surface area contributed by atoms with Gasteiger partial charge in [-0.25, -0.2) is 0 Å². The van der Waals surface area contributed by atoms with Gasteiger partial charge in [0.2, 0.25) is 0 Å². The third-order valence-electron chi connectivity index (χ3n) is 8.96. The van der Waals surface area contributed by atoms with Crippen LogP contribution in [0.4, 0.5) is 22.0 Å². The largest absolute Gasteiger partial charge is 0.456 e. The number of fused-ring (bicyclic) bond motifs is 4. The molecule has 2 fully saturated rings. The van der Waals surface area contributed by atoms with E-state index < -0.39 is 35.5 Å². The van der Waals surface area contributed by atoms with Gasteiger partial charge in [-0.2, -0.15) is 22.0 Å². The first-order valence-corrected chi connectivity index (χ1v) is 11.6. The smallest absolute Gasteiger partial charge is 0.383 e. The van der Waals surface area contributed by atoms with E-state index in [1.54, 1.807) is 6.08 Å². The molecule has 0 saturated heterocycles. The minimum atomic E-state index is -5.83. The van der Waals surface area contributed by atoms with Gasteiger partial charge in [0, 0.05) is 17.8 Å². The van der Waals surface area contributed by atoms with Gasteiger partial charge in [0.05, 0.1) is 0 Å². The van der Waals surface area contributed by atoms with E-state index in [-0.39, 0.29) is 30.5 Å². The molecule has 0 radical (unpaired) electrons. The van der Waals surface area contributed by atoms with Crippen LogP contribution in [0.1, 0.15) is 63.4 Å². The Hall–Kier alpha value is -2.02. The van der Waals surface area contributed by atoms with Crippen molar-refractivity contribution in [3.8, 4) is 0 Å². The zero-order valence-corrected chi connectivity index (χ0v) is 18.4. The third-order valence-corrected chi connectivity index (χ3v) is 8.96. The van der Waals surface area contributed by atoms with Gasteiger partial charge in [-0.3, -0.25) is 4.79 Å². The van der Waals surface area contributed by atoms with E-state index in [1.165, 1.54) is 6.92 Å². The number of rotatable bonds is 2. The maximum atomic E-state index is 14.9. The number of allylic oxidation sites excluding steroid dienone is 4. The number of alkyl halides is 5. The highest BCUT2D eigenvalue weighted by atomic mass is 19.4. The predicted octanol–water partition coefficient (Wildman–Crippen LogP) is 6.51. The van der Waals surface area contributed by atoms with Crippen LogP contribution in [0, 0.1) is 17.3 Å². The lowest BCUT2D eigenvalue weighted by molar-refractivity contribution is -0.362. The Balaban J connectivity index is 1.69. The number of carbonyl (C=O) groups is 1. The summed E-state index contributed by atoms with van der Waals surface area (Å²) in [4.78, 5) is 12.0. The van der Waals surface area contributed by atoms with Crippen molar-refractivity contribution in [2.45, 2.75) is 75.5 Å². The van der Waals surface area contributed by atoms with Crippen LogP contribution in [0.25, 0.3) is 0 Å². The molecule has 0 bridgehead atoms. The number of aliphatic hydroxyl groups is 1. The summed E-state index contributed by atoms with van der Waals surface area (Å²) in [6, 6.07) is 9.25. The van der Waals surface area contributed by atoms with Crippen LogP contribution in [-0.2, 0) is 4.79 Å². The fourth-order valence-corrected chi connectivity index (χ4v) is 7.40. The standard InChI is InChI=1S/C26H27F5O2/c1-23-14-20(15-5-3-2-4-6-15)22-18-10-8-17(32)13-16(18)7-9-19(22)21(23)11-12-24(23,33)25(27,28)26(29,30)31/h2-6,13,19-21,33H,7-12,14H2,1H3/t19?,20-,21?,23+,24+/m1/s1. The number of carbonyl (C=O) groups excluding carboxylic acids is 1. The summed E-state index contributed by atoms with van der Waals surface area (Å²) in [7, 11) is 0. The quantitative estimate of drug-likeness (QED) is 0.504. The van der Waals surface area contributed by atoms with Gasteiger partial charge < -0.3 is 5.11 Å². The van der Waals surface area contributed by atoms with Crippen molar-refractivity contribution >= 4 is 5.78 Å². The van der Waals surface area contributed by atoms with Crippen molar-refractivity contribution in [1.82, 2.24) is 0 Å². The maximum Gasteiger partial charge on any atom is 0.456 e. The highest BCUT2D eigenvalue weighted by Gasteiger charge is 2.79. The molecule has 33 heavy (non-hydrogen) atoms. The Labute approximate surface area is 189 Å². The summed E-state index contributed by atoms with van der Waals surface area (Å²) in [5.74, 6) is -6.17. The molecule has 4 aliphatic carbocycles. The van der Waals surface area contributed by atoms with E-state index in [1.807, 2.05) is 30.3 Å². The lowest BCUT2D eigenvalue weighted by atomic mass is 9.50. The Morgan fingerprint density at radius 3 is 2.36 bits per heavy atom. The summed E-state index contributed by atoms with van der Waals surface area (Å²) >= 11 is 0. The van der Waals surface area contributed by atoms with Crippen molar-refractivity contribution in [2.24, 2.45) is 17.3 Å². The lowest BCUT2D eigenvalue weighted by Crippen LogP contribution is -2.65. The molecule has 0 aliphatic heterocycles. The molecule has 0 aromatic heterocycles. The number of ketones is 1. The molecule has 0 amide bonds. The van der Waals surface area contributed by atoms with Crippen LogP contribution >= 0.6 is 0 Å². The van der Waals surface area contributed by atoms with E-state index in [0.29, 0.717) is 25.7 Å². The monoisotopic (exact) mass is 466 g/mol. The topological polar surface area (TPSA) is 37.3 Å². The molecule has 4 aliphatic rings. The first-order chi connectivity index (χ1) is 15.4. The molecule has 1 aromatic carbocycles. The van der Waals surface area contributed by atoms with Crippen LogP contribution in [0.5, 0.6) is 0 Å². The first-order valence-electron chi connectivity index (χ1n) is 11.6. The number of benzene rings is 1. The summed E-state index contributed by atoms with van der Waals surface area (Å²) in [6.45, 7) is 1.44. The highest BCUT2D eigenvalue weighted by Crippen LogP contribution is 2.70. The molecule has 0 heterocycles. The van der Waals surface area contributed by atoms with Crippen LogP contribution < -0.4 is 0 Å². The van der Waals surface area contributed by atoms with E-state index in [4.69, 9.17) is 0 Å². The van der Waals surface area contributed by atoms with Crippen LogP contribution in [0.3, 0.4) is 0 Å². The molecule has 178 valence electrons. The molecule has 1 N–H and O–H groups in total. The van der Waals surface area contributed by atoms with E-state index in [0.717, 1.165) is 22.3 Å². The summed E-state index contributed by atoms with van der Waals surface area (Å²) in [5.41, 5.74) is -0.756. The molecule has 2 unspecified atom stereocenters. The second-order valence-electron chi connectivity index (χ2n) is 10.4. The number of hydrogen-bond donors (Lipinski definition) is 1. The van der Waals surface area contributed by atoms with Gasteiger partial charge >= 0.3 is 12.1 Å². The Bertz CT molecular complexity index is 1040. The zero-order valence-electron chi connectivity index (χ0n) is 18.4. The van der Waals surface area contributed by atoms with Gasteiger partial charge in [0.15, 0.2) is 5.78 Å². The molecule has 1 aromatic rings. The molecule has 2 nitrogen and oxygen atoms in total. The normalized spacial score (nSPS) is 36.8. The lowest BCUT2D eigenvalue weighted by Gasteiger charge is -2.56. The van der Waals surface area contributed by atoms with Crippen LogP contribution in [0.15, 0.2) is 53.1 Å². The second-order valence-corrected chi connectivity index (χ2v) is 10.4. The molecular formula is C26H27F5O2. The second kappa shape index (κ2) is 7.24. The van der Waals surface area contributed by atoms with Gasteiger partial charge in [0.1, 0.15) is 5.60 Å². The SMILES string of the molecule is C[C@]12C[C@H](c3ccccc3)C3=C4CCC(=O)C=C4CCC3C1CC[C@@]2(O)C(F)(F)C(F)(F)F. The van der Waals surface area contributed by atoms with Gasteiger partial charge in [-0.15, -0.1) is 0 Å². The van der Waals surface area contributed by atoms with E-state index >= 15 is 0 Å². The number of hydrogen-bond acceptors (Lipinski definition) is 2. The number of halogens is 5. The van der Waals surface area contributed by atoms with Gasteiger partial charge in [0.25, 0.3) is 0 Å². The molecule has 2 saturated carbocycles. The highest BCUT2D eigenvalue weighted by molar-refractivity contribution is 5.93. The maximum absolute atomic E-state index is 14.9. The zero-order chi connectivity index (χ0) is 23.8. The van der Waals surface area contributed by atoms with Gasteiger partial charge in [-0.05, 0) is 73.1 Å². The Morgan fingerprint density at radius 1 is 1.00 bits per heavy atom. The minimum Gasteiger partial charge on any atom is -0.383 e. The molecule has 5 rings (SSSR count). The molecule has 7 heteroatoms. The first kappa shape index (κ1) is 22.8. The molecule has 5 atom stereocenters. The van der Waals surface area contributed by atoms with Crippen molar-refractivity contribution in [2.75, 3.05) is 0 Å².